The van der Waals surface area contributed by atoms with Crippen LogP contribution in [0, 0.1) is 0 Å². The fourth-order valence-corrected chi connectivity index (χ4v) is 3.20. The van der Waals surface area contributed by atoms with Crippen molar-refractivity contribution in [3.8, 4) is 0 Å². The van der Waals surface area contributed by atoms with E-state index in [9.17, 15) is 9.59 Å². The first-order valence-electron chi connectivity index (χ1n) is 7.13. The highest BCUT2D eigenvalue weighted by Gasteiger charge is 2.09. The van der Waals surface area contributed by atoms with E-state index >= 15 is 0 Å². The van der Waals surface area contributed by atoms with Crippen molar-refractivity contribution >= 4 is 33.0 Å². The molecule has 2 heterocycles. The number of benzene rings is 1. The summed E-state index contributed by atoms with van der Waals surface area (Å²) in [5.41, 5.74) is 1.76. The van der Waals surface area contributed by atoms with Crippen molar-refractivity contribution in [3.63, 3.8) is 0 Å². The number of aromatic nitrogens is 1. The van der Waals surface area contributed by atoms with Gasteiger partial charge in [0.25, 0.3) is 5.56 Å². The molecule has 0 atom stereocenters. The predicted octanol–water partition coefficient (Wildman–Crippen LogP) is 3.26. The molecule has 3 rings (SSSR count). The first-order chi connectivity index (χ1) is 10.7. The van der Waals surface area contributed by atoms with Gasteiger partial charge in [0.2, 0.25) is 5.91 Å². The molecule has 1 N–H and O–H groups in total. The lowest BCUT2D eigenvalue weighted by molar-refractivity contribution is -0.116. The molecule has 0 aliphatic rings. The molecule has 0 radical (unpaired) electrons. The van der Waals surface area contributed by atoms with E-state index in [0.717, 1.165) is 22.4 Å². The van der Waals surface area contributed by atoms with Gasteiger partial charge in [-0.2, -0.15) is 0 Å². The van der Waals surface area contributed by atoms with Gasteiger partial charge < -0.3 is 9.88 Å². The average Bonchev–Trinajstić information content (AvgIpc) is 3.00. The summed E-state index contributed by atoms with van der Waals surface area (Å²) in [6, 6.07) is 11.4. The lowest BCUT2D eigenvalue weighted by Crippen LogP contribution is -2.27. The lowest BCUT2D eigenvalue weighted by Gasteiger charge is -2.10. The highest BCUT2D eigenvalue weighted by Crippen LogP contribution is 2.17. The van der Waals surface area contributed by atoms with E-state index in [0.29, 0.717) is 5.39 Å². The molecule has 112 valence electrons. The van der Waals surface area contributed by atoms with Crippen LogP contribution in [-0.2, 0) is 17.8 Å². The molecule has 0 saturated heterocycles. The number of carbonyl (C=O) groups is 1. The fraction of sp³-hybridized carbons (Fsp3) is 0.176. The first-order valence-corrected chi connectivity index (χ1v) is 8.01. The summed E-state index contributed by atoms with van der Waals surface area (Å²) in [7, 11) is 0. The second kappa shape index (κ2) is 6.15. The van der Waals surface area contributed by atoms with Crippen LogP contribution in [0.2, 0.25) is 0 Å². The predicted molar refractivity (Wildman–Crippen MR) is 90.5 cm³/mol. The number of hydrogen-bond donors (Lipinski definition) is 1. The first kappa shape index (κ1) is 14.5. The SMILES string of the molecule is CCc1ccccc1NC(=O)Cn1ccc2sccc2c1=O. The molecule has 0 saturated carbocycles. The van der Waals surface area contributed by atoms with Gasteiger partial charge in [0.1, 0.15) is 6.54 Å². The maximum Gasteiger partial charge on any atom is 0.259 e. The van der Waals surface area contributed by atoms with Crippen molar-refractivity contribution in [2.45, 2.75) is 19.9 Å². The Morgan fingerprint density at radius 1 is 1.23 bits per heavy atom. The third-order valence-electron chi connectivity index (χ3n) is 3.58. The highest BCUT2D eigenvalue weighted by atomic mass is 32.1. The van der Waals surface area contributed by atoms with Gasteiger partial charge in [-0.25, -0.2) is 0 Å². The van der Waals surface area contributed by atoms with Gasteiger partial charge in [-0.05, 0) is 35.6 Å². The quantitative estimate of drug-likeness (QED) is 0.804. The minimum Gasteiger partial charge on any atom is -0.324 e. The van der Waals surface area contributed by atoms with E-state index in [1.54, 1.807) is 12.3 Å². The monoisotopic (exact) mass is 312 g/mol. The number of carbonyl (C=O) groups excluding carboxylic acids is 1. The van der Waals surface area contributed by atoms with E-state index in [1.807, 2.05) is 42.6 Å². The molecule has 0 aliphatic carbocycles. The summed E-state index contributed by atoms with van der Waals surface area (Å²) in [6.45, 7) is 2.06. The van der Waals surface area contributed by atoms with Gasteiger partial charge in [-0.3, -0.25) is 9.59 Å². The Morgan fingerprint density at radius 3 is 2.86 bits per heavy atom. The van der Waals surface area contributed by atoms with Gasteiger partial charge in [0.05, 0.1) is 5.39 Å². The summed E-state index contributed by atoms with van der Waals surface area (Å²) in [4.78, 5) is 24.5. The van der Waals surface area contributed by atoms with Gasteiger partial charge in [0, 0.05) is 16.6 Å². The zero-order valence-electron chi connectivity index (χ0n) is 12.2. The molecule has 0 spiro atoms. The third-order valence-corrected chi connectivity index (χ3v) is 4.46. The number of hydrogen-bond acceptors (Lipinski definition) is 3. The highest BCUT2D eigenvalue weighted by molar-refractivity contribution is 7.17. The van der Waals surface area contributed by atoms with Crippen LogP contribution < -0.4 is 10.9 Å². The van der Waals surface area contributed by atoms with Crippen LogP contribution in [0.5, 0.6) is 0 Å². The zero-order chi connectivity index (χ0) is 15.5. The van der Waals surface area contributed by atoms with Gasteiger partial charge in [-0.15, -0.1) is 11.3 Å². The molecule has 0 fully saturated rings. The Bertz CT molecular complexity index is 879. The molecular weight excluding hydrogens is 296 g/mol. The van der Waals surface area contributed by atoms with Crippen LogP contribution in [0.25, 0.3) is 10.1 Å². The van der Waals surface area contributed by atoms with E-state index in [4.69, 9.17) is 0 Å². The van der Waals surface area contributed by atoms with Crippen molar-refractivity contribution in [1.29, 1.82) is 0 Å². The van der Waals surface area contributed by atoms with Crippen molar-refractivity contribution in [2.24, 2.45) is 0 Å². The van der Waals surface area contributed by atoms with Gasteiger partial charge in [-0.1, -0.05) is 25.1 Å². The lowest BCUT2D eigenvalue weighted by atomic mass is 10.1. The Labute approximate surface area is 132 Å². The maximum absolute atomic E-state index is 12.3. The second-order valence-electron chi connectivity index (χ2n) is 5.01. The topological polar surface area (TPSA) is 51.1 Å². The number of pyridine rings is 1. The Hall–Kier alpha value is -2.40. The van der Waals surface area contributed by atoms with E-state index in [-0.39, 0.29) is 18.0 Å². The molecule has 3 aromatic rings. The Morgan fingerprint density at radius 2 is 2.05 bits per heavy atom. The van der Waals surface area contributed by atoms with Crippen molar-refractivity contribution in [1.82, 2.24) is 4.57 Å². The van der Waals surface area contributed by atoms with Crippen LogP contribution >= 0.6 is 11.3 Å². The molecule has 2 aromatic heterocycles. The van der Waals surface area contributed by atoms with Crippen LogP contribution in [0.15, 0.2) is 52.8 Å². The molecule has 4 nitrogen and oxygen atoms in total. The number of nitrogens with zero attached hydrogens (tertiary/aromatic N) is 1. The van der Waals surface area contributed by atoms with Crippen LogP contribution in [0.3, 0.4) is 0 Å². The summed E-state index contributed by atoms with van der Waals surface area (Å²) in [5.74, 6) is -0.197. The summed E-state index contributed by atoms with van der Waals surface area (Å²) in [5, 5.41) is 5.43. The Kier molecular flexibility index (Phi) is 4.06. The normalized spacial score (nSPS) is 10.8. The number of thiophene rings is 1. The molecule has 1 aromatic carbocycles. The number of aryl methyl sites for hydroxylation is 1. The number of anilines is 1. The summed E-state index contributed by atoms with van der Waals surface area (Å²) in [6.07, 6.45) is 2.52. The zero-order valence-corrected chi connectivity index (χ0v) is 13.0. The molecule has 0 bridgehead atoms. The number of amides is 1. The van der Waals surface area contributed by atoms with E-state index in [2.05, 4.69) is 5.32 Å². The number of nitrogens with one attached hydrogen (secondary N) is 1. The van der Waals surface area contributed by atoms with Crippen molar-refractivity contribution in [2.75, 3.05) is 5.32 Å². The number of para-hydroxylation sites is 1. The van der Waals surface area contributed by atoms with E-state index in [1.165, 1.54) is 15.9 Å². The van der Waals surface area contributed by atoms with Crippen LogP contribution in [-0.4, -0.2) is 10.5 Å². The minimum absolute atomic E-state index is 0.0165. The second-order valence-corrected chi connectivity index (χ2v) is 5.95. The standard InChI is InChI=1S/C17H16N2O2S/c1-2-12-5-3-4-6-14(12)18-16(20)11-19-9-7-15-13(17(19)21)8-10-22-15/h3-10H,2,11H2,1H3,(H,18,20). The Balaban J connectivity index is 1.81. The molecular formula is C17H16N2O2S. The van der Waals surface area contributed by atoms with Gasteiger partial charge >= 0.3 is 0 Å². The smallest absolute Gasteiger partial charge is 0.259 e. The van der Waals surface area contributed by atoms with Crippen molar-refractivity contribution < 1.29 is 4.79 Å². The van der Waals surface area contributed by atoms with Crippen LogP contribution in [0.1, 0.15) is 12.5 Å². The minimum atomic E-state index is -0.197. The average molecular weight is 312 g/mol. The third kappa shape index (κ3) is 2.80. The molecule has 22 heavy (non-hydrogen) atoms. The molecule has 5 heteroatoms. The number of rotatable bonds is 4. The fourth-order valence-electron chi connectivity index (χ4n) is 2.43. The largest absolute Gasteiger partial charge is 0.324 e. The number of fused-ring (bicyclic) bond motifs is 1. The molecule has 0 aliphatic heterocycles. The van der Waals surface area contributed by atoms with Gasteiger partial charge in [0.15, 0.2) is 0 Å². The molecule has 0 unspecified atom stereocenters. The summed E-state index contributed by atoms with van der Waals surface area (Å²) < 4.78 is 2.39. The van der Waals surface area contributed by atoms with Crippen molar-refractivity contribution in [3.05, 3.63) is 63.9 Å². The van der Waals surface area contributed by atoms with Crippen LogP contribution in [0.4, 0.5) is 5.69 Å². The van der Waals surface area contributed by atoms with E-state index < -0.39 is 0 Å². The summed E-state index contributed by atoms with van der Waals surface area (Å²) >= 11 is 1.52. The molecule has 1 amide bonds. The maximum atomic E-state index is 12.3.